The van der Waals surface area contributed by atoms with Crippen LogP contribution in [-0.2, 0) is 6.42 Å². The van der Waals surface area contributed by atoms with Gasteiger partial charge in [-0.3, -0.25) is 0 Å². The normalized spacial score (nSPS) is 10.3. The summed E-state index contributed by atoms with van der Waals surface area (Å²) in [6.45, 7) is 0.0369. The minimum Gasteiger partial charge on any atom is -0.488 e. The van der Waals surface area contributed by atoms with Crippen LogP contribution in [0.25, 0.3) is 11.1 Å². The highest BCUT2D eigenvalue weighted by Gasteiger charge is 2.04. The van der Waals surface area contributed by atoms with Crippen molar-refractivity contribution in [1.82, 2.24) is 0 Å². The molecule has 0 bridgehead atoms. The predicted octanol–water partition coefficient (Wildman–Crippen LogP) is 3.92. The lowest BCUT2D eigenvalue weighted by molar-refractivity contribution is 0.0819. The highest BCUT2D eigenvalue weighted by molar-refractivity contribution is 5.85. The molecule has 5 heteroatoms. The summed E-state index contributed by atoms with van der Waals surface area (Å²) in [5.74, 6) is 0.451. The average Bonchev–Trinajstić information content (AvgIpc) is 2.46. The van der Waals surface area contributed by atoms with E-state index in [2.05, 4.69) is 6.07 Å². The molecule has 0 aliphatic rings. The van der Waals surface area contributed by atoms with E-state index in [-0.39, 0.29) is 12.4 Å². The zero-order valence-corrected chi connectivity index (χ0v) is 12.3. The molecule has 114 valence electrons. The van der Waals surface area contributed by atoms with Crippen LogP contribution in [0.3, 0.4) is 0 Å². The Labute approximate surface area is 129 Å². The SMILES string of the molecule is Cl.NCCc1cccc(-c2ccc(OCC(F)F)cc2)c1. The van der Waals surface area contributed by atoms with Crippen molar-refractivity contribution in [2.75, 3.05) is 13.2 Å². The van der Waals surface area contributed by atoms with Gasteiger partial charge >= 0.3 is 0 Å². The van der Waals surface area contributed by atoms with Gasteiger partial charge in [-0.05, 0) is 41.8 Å². The Hall–Kier alpha value is -1.65. The number of rotatable bonds is 6. The van der Waals surface area contributed by atoms with E-state index >= 15 is 0 Å². The van der Waals surface area contributed by atoms with Crippen molar-refractivity contribution in [1.29, 1.82) is 0 Å². The molecule has 0 unspecified atom stereocenters. The summed E-state index contributed by atoms with van der Waals surface area (Å²) in [6.07, 6.45) is -1.62. The minimum absolute atomic E-state index is 0. The summed E-state index contributed by atoms with van der Waals surface area (Å²) in [4.78, 5) is 0. The number of benzene rings is 2. The van der Waals surface area contributed by atoms with E-state index in [1.54, 1.807) is 12.1 Å². The molecule has 0 heterocycles. The van der Waals surface area contributed by atoms with E-state index in [1.807, 2.05) is 30.3 Å². The predicted molar refractivity (Wildman–Crippen MR) is 83.4 cm³/mol. The van der Waals surface area contributed by atoms with Crippen LogP contribution in [0.1, 0.15) is 5.56 Å². The average molecular weight is 314 g/mol. The summed E-state index contributed by atoms with van der Waals surface area (Å²) in [6, 6.07) is 15.3. The topological polar surface area (TPSA) is 35.2 Å². The maximum atomic E-state index is 12.0. The fourth-order valence-electron chi connectivity index (χ4n) is 1.98. The molecule has 0 amide bonds. The van der Waals surface area contributed by atoms with Gasteiger partial charge < -0.3 is 10.5 Å². The zero-order valence-electron chi connectivity index (χ0n) is 11.5. The second kappa shape index (κ2) is 8.60. The van der Waals surface area contributed by atoms with Crippen LogP contribution >= 0.6 is 12.4 Å². The molecule has 2 aromatic carbocycles. The quantitative estimate of drug-likeness (QED) is 0.877. The van der Waals surface area contributed by atoms with Gasteiger partial charge in [0.1, 0.15) is 12.4 Å². The van der Waals surface area contributed by atoms with Gasteiger partial charge in [0.2, 0.25) is 0 Å². The van der Waals surface area contributed by atoms with Crippen LogP contribution in [0.5, 0.6) is 5.75 Å². The smallest absolute Gasteiger partial charge is 0.272 e. The van der Waals surface area contributed by atoms with Gasteiger partial charge in [-0.15, -0.1) is 12.4 Å². The molecule has 2 rings (SSSR count). The van der Waals surface area contributed by atoms with Crippen LogP contribution in [0.2, 0.25) is 0 Å². The molecule has 0 atom stereocenters. The lowest BCUT2D eigenvalue weighted by Gasteiger charge is -2.08. The minimum atomic E-state index is -2.46. The lowest BCUT2D eigenvalue weighted by atomic mass is 10.0. The Balaban J connectivity index is 0.00000220. The third-order valence-corrected chi connectivity index (χ3v) is 2.92. The van der Waals surface area contributed by atoms with Gasteiger partial charge in [-0.25, -0.2) is 8.78 Å². The van der Waals surface area contributed by atoms with Crippen molar-refractivity contribution < 1.29 is 13.5 Å². The first-order valence-corrected chi connectivity index (χ1v) is 6.49. The molecule has 0 aromatic heterocycles. The molecule has 0 saturated heterocycles. The maximum Gasteiger partial charge on any atom is 0.272 e. The Bertz CT molecular complexity index is 546. The number of nitrogens with two attached hydrogens (primary N) is 1. The highest BCUT2D eigenvalue weighted by atomic mass is 35.5. The van der Waals surface area contributed by atoms with Gasteiger partial charge in [0, 0.05) is 0 Å². The molecule has 2 nitrogen and oxygen atoms in total. The van der Waals surface area contributed by atoms with Crippen molar-refractivity contribution in [3.05, 3.63) is 54.1 Å². The summed E-state index contributed by atoms with van der Waals surface area (Å²) in [7, 11) is 0. The van der Waals surface area contributed by atoms with Gasteiger partial charge in [0.25, 0.3) is 6.43 Å². The molecule has 2 N–H and O–H groups in total. The van der Waals surface area contributed by atoms with E-state index in [9.17, 15) is 8.78 Å². The van der Waals surface area contributed by atoms with Gasteiger partial charge in [0.15, 0.2) is 0 Å². The van der Waals surface area contributed by atoms with E-state index in [1.165, 1.54) is 5.56 Å². The van der Waals surface area contributed by atoms with Gasteiger partial charge in [-0.1, -0.05) is 36.4 Å². The van der Waals surface area contributed by atoms with Crippen molar-refractivity contribution >= 4 is 12.4 Å². The fraction of sp³-hybridized carbons (Fsp3) is 0.250. The Morgan fingerprint density at radius 1 is 1.00 bits per heavy atom. The Morgan fingerprint density at radius 2 is 1.71 bits per heavy atom. The van der Waals surface area contributed by atoms with E-state index in [4.69, 9.17) is 10.5 Å². The first kappa shape index (κ1) is 17.4. The molecular formula is C16H18ClF2NO. The zero-order chi connectivity index (χ0) is 14.4. The van der Waals surface area contributed by atoms with E-state index in [0.717, 1.165) is 17.5 Å². The molecule has 0 spiro atoms. The molecular weight excluding hydrogens is 296 g/mol. The van der Waals surface area contributed by atoms with Gasteiger partial charge in [-0.2, -0.15) is 0 Å². The van der Waals surface area contributed by atoms with Crippen LogP contribution in [0.15, 0.2) is 48.5 Å². The third kappa shape index (κ3) is 5.33. The molecule has 0 radical (unpaired) electrons. The third-order valence-electron chi connectivity index (χ3n) is 2.92. The molecule has 0 fully saturated rings. The number of halogens is 3. The Kier molecular flexibility index (Phi) is 7.12. The lowest BCUT2D eigenvalue weighted by Crippen LogP contribution is -2.06. The largest absolute Gasteiger partial charge is 0.488 e. The molecule has 0 aliphatic heterocycles. The summed E-state index contributed by atoms with van der Waals surface area (Å²) < 4.78 is 29.0. The monoisotopic (exact) mass is 313 g/mol. The van der Waals surface area contributed by atoms with Crippen LogP contribution in [-0.4, -0.2) is 19.6 Å². The van der Waals surface area contributed by atoms with Crippen molar-refractivity contribution in [3.63, 3.8) is 0 Å². The summed E-state index contributed by atoms with van der Waals surface area (Å²) in [5, 5.41) is 0. The fourth-order valence-corrected chi connectivity index (χ4v) is 1.98. The first-order valence-electron chi connectivity index (χ1n) is 6.49. The van der Waals surface area contributed by atoms with E-state index in [0.29, 0.717) is 12.3 Å². The number of ether oxygens (including phenoxy) is 1. The van der Waals surface area contributed by atoms with Crippen LogP contribution < -0.4 is 10.5 Å². The second-order valence-corrected chi connectivity index (χ2v) is 4.47. The number of alkyl halides is 2. The van der Waals surface area contributed by atoms with Crippen LogP contribution in [0, 0.1) is 0 Å². The number of hydrogen-bond acceptors (Lipinski definition) is 2. The second-order valence-electron chi connectivity index (χ2n) is 4.47. The van der Waals surface area contributed by atoms with Gasteiger partial charge in [0.05, 0.1) is 0 Å². The number of hydrogen-bond donors (Lipinski definition) is 1. The summed E-state index contributed by atoms with van der Waals surface area (Å²) >= 11 is 0. The molecule has 21 heavy (non-hydrogen) atoms. The van der Waals surface area contributed by atoms with E-state index < -0.39 is 13.0 Å². The maximum absolute atomic E-state index is 12.0. The molecule has 0 aliphatic carbocycles. The standard InChI is InChI=1S/C16H17F2NO.ClH/c17-16(18)11-20-15-6-4-13(5-7-15)14-3-1-2-12(10-14)8-9-19;/h1-7,10,16H,8-9,11,19H2;1H. The van der Waals surface area contributed by atoms with Crippen molar-refractivity contribution in [3.8, 4) is 16.9 Å². The highest BCUT2D eigenvalue weighted by Crippen LogP contribution is 2.23. The van der Waals surface area contributed by atoms with Crippen molar-refractivity contribution in [2.45, 2.75) is 12.8 Å². The molecule has 2 aromatic rings. The molecule has 0 saturated carbocycles. The van der Waals surface area contributed by atoms with Crippen LogP contribution in [0.4, 0.5) is 8.78 Å². The van der Waals surface area contributed by atoms with Crippen molar-refractivity contribution in [2.24, 2.45) is 5.73 Å². The summed E-state index contributed by atoms with van der Waals surface area (Å²) in [5.41, 5.74) is 8.83. The first-order chi connectivity index (χ1) is 9.69. The Morgan fingerprint density at radius 3 is 2.33 bits per heavy atom.